The number of benzene rings is 1. The van der Waals surface area contributed by atoms with E-state index >= 15 is 0 Å². The maximum Gasteiger partial charge on any atom is 0.251 e. The second-order valence-corrected chi connectivity index (χ2v) is 5.00. The number of nitrogens with one attached hydrogen (secondary N) is 2. The van der Waals surface area contributed by atoms with Gasteiger partial charge in [0.15, 0.2) is 0 Å². The Labute approximate surface area is 112 Å². The molecule has 6 heteroatoms. The zero-order valence-electron chi connectivity index (χ0n) is 9.50. The number of amides is 2. The molecule has 0 saturated carbocycles. The van der Waals surface area contributed by atoms with Crippen LogP contribution in [0.4, 0.5) is 4.39 Å². The first-order chi connectivity index (χ1) is 8.56. The normalized spacial score (nSPS) is 18.6. The predicted molar refractivity (Wildman–Crippen MR) is 67.6 cm³/mol. The van der Waals surface area contributed by atoms with Crippen molar-refractivity contribution in [1.29, 1.82) is 0 Å². The summed E-state index contributed by atoms with van der Waals surface area (Å²) in [6.45, 7) is 0.388. The lowest BCUT2D eigenvalue weighted by atomic mass is 10.2. The summed E-state index contributed by atoms with van der Waals surface area (Å²) in [5.74, 6) is -0.676. The van der Waals surface area contributed by atoms with Crippen molar-refractivity contribution in [2.45, 2.75) is 18.9 Å². The summed E-state index contributed by atoms with van der Waals surface area (Å²) < 4.78 is 13.3. The van der Waals surface area contributed by atoms with Crippen molar-refractivity contribution in [3.63, 3.8) is 0 Å². The molecule has 1 aliphatic rings. The van der Waals surface area contributed by atoms with Crippen LogP contribution in [-0.4, -0.2) is 24.4 Å². The van der Waals surface area contributed by atoms with Gasteiger partial charge in [0.05, 0.1) is 4.47 Å². The molecule has 1 aliphatic heterocycles. The van der Waals surface area contributed by atoms with Gasteiger partial charge in [-0.2, -0.15) is 0 Å². The minimum Gasteiger partial charge on any atom is -0.352 e. The first-order valence-electron chi connectivity index (χ1n) is 5.59. The Balaban J connectivity index is 1.91. The molecule has 0 spiro atoms. The van der Waals surface area contributed by atoms with Crippen LogP contribution in [0.15, 0.2) is 22.7 Å². The van der Waals surface area contributed by atoms with Crippen LogP contribution in [0.3, 0.4) is 0 Å². The molecule has 2 N–H and O–H groups in total. The van der Waals surface area contributed by atoms with Crippen molar-refractivity contribution in [1.82, 2.24) is 10.6 Å². The van der Waals surface area contributed by atoms with Crippen LogP contribution >= 0.6 is 15.9 Å². The topological polar surface area (TPSA) is 58.2 Å². The fraction of sp³-hybridized carbons (Fsp3) is 0.333. The Morgan fingerprint density at radius 2 is 2.33 bits per heavy atom. The molecule has 2 amide bonds. The van der Waals surface area contributed by atoms with Crippen molar-refractivity contribution in [3.8, 4) is 0 Å². The Kier molecular flexibility index (Phi) is 3.96. The Bertz CT molecular complexity index is 493. The van der Waals surface area contributed by atoms with E-state index < -0.39 is 5.82 Å². The van der Waals surface area contributed by atoms with E-state index in [4.69, 9.17) is 0 Å². The summed E-state index contributed by atoms with van der Waals surface area (Å²) in [4.78, 5) is 22.8. The van der Waals surface area contributed by atoms with Crippen molar-refractivity contribution < 1.29 is 14.0 Å². The first kappa shape index (κ1) is 13.0. The van der Waals surface area contributed by atoms with Crippen LogP contribution in [0.1, 0.15) is 23.2 Å². The molecule has 2 rings (SSSR count). The van der Waals surface area contributed by atoms with Crippen molar-refractivity contribution >= 4 is 27.7 Å². The molecule has 1 aromatic rings. The van der Waals surface area contributed by atoms with E-state index in [1.54, 1.807) is 0 Å². The summed E-state index contributed by atoms with van der Waals surface area (Å²) in [5, 5.41) is 5.47. The lowest BCUT2D eigenvalue weighted by Crippen LogP contribution is -2.38. The Hall–Kier alpha value is -1.43. The zero-order valence-corrected chi connectivity index (χ0v) is 11.1. The summed E-state index contributed by atoms with van der Waals surface area (Å²) in [7, 11) is 0. The quantitative estimate of drug-likeness (QED) is 0.890. The first-order valence-corrected chi connectivity index (χ1v) is 6.38. The third kappa shape index (κ3) is 3.07. The van der Waals surface area contributed by atoms with E-state index in [-0.39, 0.29) is 22.3 Å². The maximum absolute atomic E-state index is 13.0. The van der Waals surface area contributed by atoms with E-state index in [1.165, 1.54) is 18.2 Å². The second-order valence-electron chi connectivity index (χ2n) is 4.14. The minimum absolute atomic E-state index is 0.00895. The monoisotopic (exact) mass is 314 g/mol. The number of hydrogen-bond donors (Lipinski definition) is 2. The summed E-state index contributed by atoms with van der Waals surface area (Å²) in [5.41, 5.74) is 0.382. The van der Waals surface area contributed by atoms with Gasteiger partial charge in [-0.25, -0.2) is 4.39 Å². The smallest absolute Gasteiger partial charge is 0.251 e. The molecule has 1 saturated heterocycles. The summed E-state index contributed by atoms with van der Waals surface area (Å²) in [6, 6.07) is 4.07. The van der Waals surface area contributed by atoms with Crippen molar-refractivity contribution in [2.24, 2.45) is 0 Å². The predicted octanol–water partition coefficient (Wildman–Crippen LogP) is 1.60. The van der Waals surface area contributed by atoms with Gasteiger partial charge in [0, 0.05) is 24.6 Å². The van der Waals surface area contributed by atoms with Crippen LogP contribution in [0, 0.1) is 5.82 Å². The lowest BCUT2D eigenvalue weighted by molar-refractivity contribution is -0.119. The standard InChI is InChI=1S/C12H12BrFN2O2/c13-9-5-7(1-3-10(9)14)12(18)15-6-8-2-4-11(17)16-8/h1,3,5,8H,2,4,6H2,(H,15,18)(H,16,17). The molecule has 1 fully saturated rings. The van der Waals surface area contributed by atoms with E-state index in [9.17, 15) is 14.0 Å². The zero-order chi connectivity index (χ0) is 13.1. The highest BCUT2D eigenvalue weighted by Crippen LogP contribution is 2.16. The van der Waals surface area contributed by atoms with Crippen LogP contribution in [-0.2, 0) is 4.79 Å². The van der Waals surface area contributed by atoms with E-state index in [2.05, 4.69) is 26.6 Å². The largest absolute Gasteiger partial charge is 0.352 e. The number of carbonyl (C=O) groups excluding carboxylic acids is 2. The molecule has 0 aromatic heterocycles. The van der Waals surface area contributed by atoms with Gasteiger partial charge in [0.25, 0.3) is 5.91 Å². The van der Waals surface area contributed by atoms with Crippen LogP contribution in [0.5, 0.6) is 0 Å². The van der Waals surface area contributed by atoms with Gasteiger partial charge in [-0.1, -0.05) is 0 Å². The highest BCUT2D eigenvalue weighted by atomic mass is 79.9. The highest BCUT2D eigenvalue weighted by molar-refractivity contribution is 9.10. The SMILES string of the molecule is O=C1CCC(CNC(=O)c2ccc(F)c(Br)c2)N1. The van der Waals surface area contributed by atoms with Crippen molar-refractivity contribution in [2.75, 3.05) is 6.54 Å². The highest BCUT2D eigenvalue weighted by Gasteiger charge is 2.21. The van der Waals surface area contributed by atoms with E-state index in [0.29, 0.717) is 18.5 Å². The van der Waals surface area contributed by atoms with E-state index in [0.717, 1.165) is 6.42 Å². The molecule has 96 valence electrons. The Morgan fingerprint density at radius 1 is 1.56 bits per heavy atom. The maximum atomic E-state index is 13.0. The van der Waals surface area contributed by atoms with Gasteiger partial charge in [-0.3, -0.25) is 9.59 Å². The molecule has 1 unspecified atom stereocenters. The van der Waals surface area contributed by atoms with Crippen LogP contribution in [0.2, 0.25) is 0 Å². The lowest BCUT2D eigenvalue weighted by Gasteiger charge is -2.11. The van der Waals surface area contributed by atoms with Gasteiger partial charge in [0.1, 0.15) is 5.82 Å². The molecular weight excluding hydrogens is 303 g/mol. The molecule has 1 atom stereocenters. The average Bonchev–Trinajstić information content (AvgIpc) is 2.75. The molecule has 0 aliphatic carbocycles. The third-order valence-corrected chi connectivity index (χ3v) is 3.38. The Morgan fingerprint density at radius 3 is 2.94 bits per heavy atom. The third-order valence-electron chi connectivity index (χ3n) is 2.78. The fourth-order valence-corrected chi connectivity index (χ4v) is 2.16. The van der Waals surface area contributed by atoms with Crippen molar-refractivity contribution in [3.05, 3.63) is 34.1 Å². The van der Waals surface area contributed by atoms with E-state index in [1.807, 2.05) is 0 Å². The molecule has 0 bridgehead atoms. The molecule has 0 radical (unpaired) electrons. The molecule has 1 heterocycles. The van der Waals surface area contributed by atoms with Gasteiger partial charge in [0.2, 0.25) is 5.91 Å². The van der Waals surface area contributed by atoms with Gasteiger partial charge in [-0.05, 0) is 40.5 Å². The molecule has 4 nitrogen and oxygen atoms in total. The van der Waals surface area contributed by atoms with Crippen LogP contribution < -0.4 is 10.6 Å². The summed E-state index contributed by atoms with van der Waals surface area (Å²) in [6.07, 6.45) is 1.23. The second kappa shape index (κ2) is 5.48. The molecule has 1 aromatic carbocycles. The fourth-order valence-electron chi connectivity index (χ4n) is 1.79. The summed E-state index contributed by atoms with van der Waals surface area (Å²) >= 11 is 3.03. The van der Waals surface area contributed by atoms with Gasteiger partial charge in [-0.15, -0.1) is 0 Å². The molecule has 18 heavy (non-hydrogen) atoms. The number of hydrogen-bond acceptors (Lipinski definition) is 2. The average molecular weight is 315 g/mol. The van der Waals surface area contributed by atoms with Gasteiger partial charge < -0.3 is 10.6 Å². The van der Waals surface area contributed by atoms with Gasteiger partial charge >= 0.3 is 0 Å². The number of rotatable bonds is 3. The van der Waals surface area contributed by atoms with Crippen LogP contribution in [0.25, 0.3) is 0 Å². The minimum atomic E-state index is -0.408. The number of halogens is 2. The number of carbonyl (C=O) groups is 2. The molecular formula is C12H12BrFN2O2.